The van der Waals surface area contributed by atoms with Gasteiger partial charge in [0.15, 0.2) is 0 Å². The monoisotopic (exact) mass is 494 g/mol. The maximum atomic E-state index is 12.1. The standard InChI is InChI=1S/C30H30N4O3/c1-4-36-30(35)16-24-8-5-6-11-29(24)37-18-27-25-15-22(12-13-28(25)34(33-27)20(2)3)21-9-7-10-23(14-21)26-17-31-19-32-26/h5-15,17,19-20H,4,16,18H2,1-3H3,(H,31,32). The first kappa shape index (κ1) is 24.3. The van der Waals surface area contributed by atoms with Crippen LogP contribution in [0.25, 0.3) is 33.3 Å². The molecule has 0 unspecified atom stereocenters. The van der Waals surface area contributed by atoms with Gasteiger partial charge in [-0.15, -0.1) is 0 Å². The lowest BCUT2D eigenvalue weighted by Crippen LogP contribution is -2.09. The first-order valence-corrected chi connectivity index (χ1v) is 12.5. The molecule has 0 spiro atoms. The summed E-state index contributed by atoms with van der Waals surface area (Å²) in [6.07, 6.45) is 3.68. The molecule has 37 heavy (non-hydrogen) atoms. The Morgan fingerprint density at radius 2 is 1.81 bits per heavy atom. The van der Waals surface area contributed by atoms with Crippen LogP contribution in [0.4, 0.5) is 0 Å². The number of ether oxygens (including phenoxy) is 2. The molecule has 7 nitrogen and oxygen atoms in total. The summed E-state index contributed by atoms with van der Waals surface area (Å²) in [6, 6.07) is 22.6. The molecule has 0 amide bonds. The van der Waals surface area contributed by atoms with Gasteiger partial charge in [-0.3, -0.25) is 9.48 Å². The number of rotatable bonds is 9. The van der Waals surface area contributed by atoms with Crippen LogP contribution in [0.15, 0.2) is 79.3 Å². The van der Waals surface area contributed by atoms with E-state index < -0.39 is 0 Å². The number of nitrogens with zero attached hydrogens (tertiary/aromatic N) is 3. The number of carbonyl (C=O) groups excluding carboxylic acids is 1. The average molecular weight is 495 g/mol. The van der Waals surface area contributed by atoms with Crippen LogP contribution < -0.4 is 4.74 Å². The van der Waals surface area contributed by atoms with Gasteiger partial charge in [0, 0.05) is 22.6 Å². The number of H-pyrrole nitrogens is 1. The Morgan fingerprint density at radius 1 is 1.00 bits per heavy atom. The van der Waals surface area contributed by atoms with E-state index in [1.165, 1.54) is 0 Å². The van der Waals surface area contributed by atoms with Crippen molar-refractivity contribution in [1.29, 1.82) is 0 Å². The summed E-state index contributed by atoms with van der Waals surface area (Å²) in [5, 5.41) is 5.95. The smallest absolute Gasteiger partial charge is 0.310 e. The van der Waals surface area contributed by atoms with Crippen molar-refractivity contribution in [2.24, 2.45) is 0 Å². The molecule has 0 atom stereocenters. The molecule has 0 aliphatic heterocycles. The van der Waals surface area contributed by atoms with E-state index in [4.69, 9.17) is 14.6 Å². The van der Waals surface area contributed by atoms with Gasteiger partial charge in [-0.1, -0.05) is 42.5 Å². The number of esters is 1. The second kappa shape index (κ2) is 10.7. The fourth-order valence-electron chi connectivity index (χ4n) is 4.47. The summed E-state index contributed by atoms with van der Waals surface area (Å²) < 4.78 is 13.4. The molecule has 1 N–H and O–H groups in total. The fourth-order valence-corrected chi connectivity index (χ4v) is 4.47. The minimum atomic E-state index is -0.268. The van der Waals surface area contributed by atoms with Crippen molar-refractivity contribution in [1.82, 2.24) is 19.7 Å². The van der Waals surface area contributed by atoms with Crippen molar-refractivity contribution >= 4 is 16.9 Å². The lowest BCUT2D eigenvalue weighted by molar-refractivity contribution is -0.142. The number of fused-ring (bicyclic) bond motifs is 1. The van der Waals surface area contributed by atoms with Crippen molar-refractivity contribution in [3.05, 3.63) is 90.5 Å². The third-order valence-corrected chi connectivity index (χ3v) is 6.25. The Hall–Kier alpha value is -4.39. The van der Waals surface area contributed by atoms with E-state index in [1.54, 1.807) is 13.3 Å². The zero-order chi connectivity index (χ0) is 25.8. The number of hydrogen-bond donors (Lipinski definition) is 1. The number of carbonyl (C=O) groups is 1. The largest absolute Gasteiger partial charge is 0.487 e. The summed E-state index contributed by atoms with van der Waals surface area (Å²) in [5.41, 5.74) is 6.97. The quantitative estimate of drug-likeness (QED) is 0.241. The lowest BCUT2D eigenvalue weighted by Gasteiger charge is -2.10. The molecule has 5 aromatic rings. The van der Waals surface area contributed by atoms with Gasteiger partial charge in [0.1, 0.15) is 18.1 Å². The molecular weight excluding hydrogens is 464 g/mol. The molecule has 3 aromatic carbocycles. The molecule has 0 saturated heterocycles. The predicted molar refractivity (Wildman–Crippen MR) is 144 cm³/mol. The van der Waals surface area contributed by atoms with Gasteiger partial charge in [0.05, 0.1) is 36.8 Å². The molecule has 7 heteroatoms. The third kappa shape index (κ3) is 5.26. The summed E-state index contributed by atoms with van der Waals surface area (Å²) in [7, 11) is 0. The first-order valence-electron chi connectivity index (χ1n) is 12.5. The highest BCUT2D eigenvalue weighted by atomic mass is 16.5. The normalized spacial score (nSPS) is 11.2. The van der Waals surface area contributed by atoms with Gasteiger partial charge in [-0.05, 0) is 56.2 Å². The number of imidazole rings is 1. The molecule has 0 aliphatic carbocycles. The van der Waals surface area contributed by atoms with Crippen LogP contribution in [0, 0.1) is 0 Å². The number of hydrogen-bond acceptors (Lipinski definition) is 5. The Kier molecular flexibility index (Phi) is 7.03. The molecule has 0 fully saturated rings. The van der Waals surface area contributed by atoms with Crippen molar-refractivity contribution in [2.45, 2.75) is 39.8 Å². The van der Waals surface area contributed by atoms with Gasteiger partial charge < -0.3 is 14.5 Å². The molecule has 0 bridgehead atoms. The molecule has 2 heterocycles. The average Bonchev–Trinajstić information content (AvgIpc) is 3.57. The van der Waals surface area contributed by atoms with Gasteiger partial charge in [0.25, 0.3) is 0 Å². The second-order valence-corrected chi connectivity index (χ2v) is 9.14. The van der Waals surface area contributed by atoms with E-state index >= 15 is 0 Å². The highest BCUT2D eigenvalue weighted by Gasteiger charge is 2.16. The lowest BCUT2D eigenvalue weighted by atomic mass is 10.00. The number of aromatic amines is 1. The number of benzene rings is 3. The summed E-state index contributed by atoms with van der Waals surface area (Å²) >= 11 is 0. The number of para-hydroxylation sites is 1. The minimum absolute atomic E-state index is 0.169. The van der Waals surface area contributed by atoms with E-state index in [1.807, 2.05) is 35.1 Å². The van der Waals surface area contributed by atoms with Crippen LogP contribution in [-0.4, -0.2) is 32.3 Å². The summed E-state index contributed by atoms with van der Waals surface area (Å²) in [4.78, 5) is 19.4. The minimum Gasteiger partial charge on any atom is -0.487 e. The van der Waals surface area contributed by atoms with Crippen LogP contribution in [0.5, 0.6) is 5.75 Å². The maximum Gasteiger partial charge on any atom is 0.310 e. The third-order valence-electron chi connectivity index (χ3n) is 6.25. The van der Waals surface area contributed by atoms with Gasteiger partial charge >= 0.3 is 5.97 Å². The van der Waals surface area contributed by atoms with Crippen molar-refractivity contribution < 1.29 is 14.3 Å². The van der Waals surface area contributed by atoms with Crippen LogP contribution >= 0.6 is 0 Å². The Labute approximate surface area is 216 Å². The topological polar surface area (TPSA) is 82.0 Å². The van der Waals surface area contributed by atoms with Crippen LogP contribution in [-0.2, 0) is 22.6 Å². The molecule has 0 aliphatic rings. The maximum absolute atomic E-state index is 12.1. The molecule has 188 valence electrons. The Morgan fingerprint density at radius 3 is 2.59 bits per heavy atom. The SMILES string of the molecule is CCOC(=O)Cc1ccccc1OCc1nn(C(C)C)c2ccc(-c3cccc(-c4cnc[nH]4)c3)cc12. The van der Waals surface area contributed by atoms with Gasteiger partial charge in [-0.2, -0.15) is 5.10 Å². The van der Waals surface area contributed by atoms with E-state index in [-0.39, 0.29) is 25.0 Å². The van der Waals surface area contributed by atoms with Gasteiger partial charge in [-0.25, -0.2) is 4.98 Å². The highest BCUT2D eigenvalue weighted by Crippen LogP contribution is 2.31. The van der Waals surface area contributed by atoms with Crippen molar-refractivity contribution in [2.75, 3.05) is 6.61 Å². The molecule has 5 rings (SSSR count). The summed E-state index contributed by atoms with van der Waals surface area (Å²) in [6.45, 7) is 6.68. The van der Waals surface area contributed by atoms with Crippen molar-refractivity contribution in [3.8, 4) is 28.1 Å². The highest BCUT2D eigenvalue weighted by molar-refractivity contribution is 5.88. The van der Waals surface area contributed by atoms with Crippen LogP contribution in [0.1, 0.15) is 38.1 Å². The fraction of sp³-hybridized carbons (Fsp3) is 0.233. The zero-order valence-electron chi connectivity index (χ0n) is 21.3. The molecule has 0 saturated carbocycles. The second-order valence-electron chi connectivity index (χ2n) is 9.14. The molecule has 2 aromatic heterocycles. The van der Waals surface area contributed by atoms with Crippen LogP contribution in [0.2, 0.25) is 0 Å². The predicted octanol–water partition coefficient (Wildman–Crippen LogP) is 6.36. The van der Waals surface area contributed by atoms with E-state index in [0.717, 1.165) is 44.5 Å². The summed E-state index contributed by atoms with van der Waals surface area (Å²) in [5.74, 6) is 0.390. The number of nitrogens with one attached hydrogen (secondary N) is 1. The Bertz CT molecular complexity index is 1520. The first-order chi connectivity index (χ1) is 18.0. The van der Waals surface area contributed by atoms with E-state index in [2.05, 4.69) is 66.3 Å². The van der Waals surface area contributed by atoms with Gasteiger partial charge in [0.2, 0.25) is 0 Å². The van der Waals surface area contributed by atoms with Crippen LogP contribution in [0.3, 0.4) is 0 Å². The molecule has 0 radical (unpaired) electrons. The van der Waals surface area contributed by atoms with Crippen molar-refractivity contribution in [3.63, 3.8) is 0 Å². The number of aromatic nitrogens is 4. The Balaban J connectivity index is 1.47. The van der Waals surface area contributed by atoms with E-state index in [0.29, 0.717) is 12.4 Å². The molecular formula is C30H30N4O3. The zero-order valence-corrected chi connectivity index (χ0v) is 21.3. The van der Waals surface area contributed by atoms with E-state index in [9.17, 15) is 4.79 Å².